The second-order valence-electron chi connectivity index (χ2n) is 8.82. The maximum atomic E-state index is 13.1. The topological polar surface area (TPSA) is 47.6 Å². The Balaban J connectivity index is 1.48. The number of ether oxygens (including phenoxy) is 2. The van der Waals surface area contributed by atoms with Crippen molar-refractivity contribution in [3.05, 3.63) is 59.2 Å². The first-order valence-electron chi connectivity index (χ1n) is 10.8. The van der Waals surface area contributed by atoms with Crippen LogP contribution in [0.4, 0.5) is 0 Å². The van der Waals surface area contributed by atoms with Crippen LogP contribution in [0.25, 0.3) is 0 Å². The van der Waals surface area contributed by atoms with Gasteiger partial charge in [-0.2, -0.15) is 0 Å². The van der Waals surface area contributed by atoms with Gasteiger partial charge in [0, 0.05) is 12.0 Å². The van der Waals surface area contributed by atoms with Crippen LogP contribution in [0.5, 0.6) is 11.5 Å². The molecule has 4 nitrogen and oxygen atoms in total. The van der Waals surface area contributed by atoms with E-state index in [2.05, 4.69) is 31.3 Å². The number of hydrogen-bond acceptors (Lipinski definition) is 3. The number of amides is 1. The minimum absolute atomic E-state index is 0.0669. The van der Waals surface area contributed by atoms with Gasteiger partial charge in [-0.1, -0.05) is 31.2 Å². The highest BCUT2D eigenvalue weighted by molar-refractivity contribution is 5.81. The second-order valence-corrected chi connectivity index (χ2v) is 8.82. The predicted octanol–water partition coefficient (Wildman–Crippen LogP) is 5.14. The Hall–Kier alpha value is -2.49. The molecule has 1 aliphatic heterocycles. The van der Waals surface area contributed by atoms with Crippen LogP contribution in [-0.4, -0.2) is 17.6 Å². The molecule has 29 heavy (non-hydrogen) atoms. The van der Waals surface area contributed by atoms with Gasteiger partial charge in [-0.3, -0.25) is 4.79 Å². The minimum atomic E-state index is -0.505. The van der Waals surface area contributed by atoms with E-state index in [1.165, 1.54) is 24.0 Å². The van der Waals surface area contributed by atoms with Gasteiger partial charge >= 0.3 is 0 Å². The molecule has 4 rings (SSSR count). The summed E-state index contributed by atoms with van der Waals surface area (Å²) in [5.74, 6) is 1.57. The maximum absolute atomic E-state index is 13.1. The van der Waals surface area contributed by atoms with Crippen molar-refractivity contribution in [1.82, 2.24) is 5.32 Å². The molecule has 0 spiro atoms. The summed E-state index contributed by atoms with van der Waals surface area (Å²) in [7, 11) is 0. The molecule has 1 aliphatic carbocycles. The first kappa shape index (κ1) is 19.8. The molecular formula is C25H31NO3. The maximum Gasteiger partial charge on any atom is 0.261 e. The Morgan fingerprint density at radius 3 is 2.72 bits per heavy atom. The number of aryl methyl sites for hydroxylation is 2. The molecule has 0 aromatic heterocycles. The number of rotatable bonds is 5. The molecule has 2 atom stereocenters. The predicted molar refractivity (Wildman–Crippen MR) is 114 cm³/mol. The summed E-state index contributed by atoms with van der Waals surface area (Å²) in [5.41, 5.74) is 3.49. The highest BCUT2D eigenvalue weighted by Crippen LogP contribution is 2.39. The number of nitrogens with one attached hydrogen (secondary N) is 1. The largest absolute Gasteiger partial charge is 0.487 e. The average Bonchev–Trinajstić information content (AvgIpc) is 2.71. The molecule has 0 fully saturated rings. The zero-order chi connectivity index (χ0) is 20.4. The van der Waals surface area contributed by atoms with Crippen LogP contribution in [-0.2, 0) is 17.6 Å². The molecule has 1 heterocycles. The Bertz CT molecular complexity index is 889. The summed E-state index contributed by atoms with van der Waals surface area (Å²) < 4.78 is 12.2. The summed E-state index contributed by atoms with van der Waals surface area (Å²) in [6.45, 7) is 6.11. The van der Waals surface area contributed by atoms with E-state index in [1.807, 2.05) is 37.3 Å². The monoisotopic (exact) mass is 393 g/mol. The fourth-order valence-electron chi connectivity index (χ4n) is 4.47. The molecule has 2 aromatic carbocycles. The van der Waals surface area contributed by atoms with Crippen molar-refractivity contribution < 1.29 is 14.3 Å². The lowest BCUT2D eigenvalue weighted by molar-refractivity contribution is -0.129. The van der Waals surface area contributed by atoms with Crippen molar-refractivity contribution in [1.29, 1.82) is 0 Å². The molecular weight excluding hydrogens is 362 g/mol. The normalized spacial score (nSPS) is 20.6. The lowest BCUT2D eigenvalue weighted by Crippen LogP contribution is -2.45. The number of fused-ring (bicyclic) bond motifs is 2. The van der Waals surface area contributed by atoms with Gasteiger partial charge in [-0.25, -0.2) is 0 Å². The Labute approximate surface area is 173 Å². The Kier molecular flexibility index (Phi) is 5.53. The highest BCUT2D eigenvalue weighted by atomic mass is 16.5. The summed E-state index contributed by atoms with van der Waals surface area (Å²) in [5, 5.41) is 3.22. The third-order valence-electron chi connectivity index (χ3n) is 5.95. The van der Waals surface area contributed by atoms with Crippen LogP contribution in [0.15, 0.2) is 42.5 Å². The quantitative estimate of drug-likeness (QED) is 0.765. The summed E-state index contributed by atoms with van der Waals surface area (Å²) in [6, 6.07) is 14.2. The summed E-state index contributed by atoms with van der Waals surface area (Å²) >= 11 is 0. The van der Waals surface area contributed by atoms with Gasteiger partial charge in [-0.15, -0.1) is 0 Å². The fraction of sp³-hybridized carbons (Fsp3) is 0.480. The summed E-state index contributed by atoms with van der Waals surface area (Å²) in [6.07, 6.45) is 5.58. The molecule has 0 unspecified atom stereocenters. The van der Waals surface area contributed by atoms with Gasteiger partial charge in [-0.05, 0) is 75.3 Å². The van der Waals surface area contributed by atoms with Gasteiger partial charge in [0.2, 0.25) is 0 Å². The smallest absolute Gasteiger partial charge is 0.261 e. The third kappa shape index (κ3) is 4.42. The van der Waals surface area contributed by atoms with E-state index >= 15 is 0 Å². The highest BCUT2D eigenvalue weighted by Gasteiger charge is 2.35. The molecule has 0 saturated heterocycles. The zero-order valence-corrected chi connectivity index (χ0v) is 17.7. The standard InChI is InChI=1S/C25H31NO3/c1-4-22(28-19-14-13-17-9-5-6-10-18(17)15-19)24(27)26-21-16-25(2,3)29-23-12-8-7-11-20(21)23/h7-8,11-15,21-22H,4-6,9-10,16H2,1-3H3,(H,26,27)/t21-,22+/m1/s1. The molecule has 2 aliphatic rings. The van der Waals surface area contributed by atoms with E-state index in [1.54, 1.807) is 0 Å². The lowest BCUT2D eigenvalue weighted by Gasteiger charge is -2.38. The number of para-hydroxylation sites is 1. The lowest BCUT2D eigenvalue weighted by atomic mass is 9.89. The second kappa shape index (κ2) is 8.10. The first-order chi connectivity index (χ1) is 13.9. The van der Waals surface area contributed by atoms with Crippen LogP contribution >= 0.6 is 0 Å². The van der Waals surface area contributed by atoms with Gasteiger partial charge in [0.1, 0.15) is 17.1 Å². The van der Waals surface area contributed by atoms with E-state index in [4.69, 9.17) is 9.47 Å². The molecule has 154 valence electrons. The van der Waals surface area contributed by atoms with E-state index in [-0.39, 0.29) is 17.6 Å². The summed E-state index contributed by atoms with van der Waals surface area (Å²) in [4.78, 5) is 13.1. The van der Waals surface area contributed by atoms with E-state index in [9.17, 15) is 4.79 Å². The Morgan fingerprint density at radius 2 is 1.93 bits per heavy atom. The van der Waals surface area contributed by atoms with Crippen LogP contribution in [0.1, 0.15) is 69.2 Å². The van der Waals surface area contributed by atoms with Gasteiger partial charge in [0.25, 0.3) is 5.91 Å². The van der Waals surface area contributed by atoms with Crippen molar-refractivity contribution in [3.8, 4) is 11.5 Å². The van der Waals surface area contributed by atoms with Crippen molar-refractivity contribution in [2.24, 2.45) is 0 Å². The van der Waals surface area contributed by atoms with Crippen molar-refractivity contribution in [3.63, 3.8) is 0 Å². The molecule has 1 N–H and O–H groups in total. The zero-order valence-electron chi connectivity index (χ0n) is 17.7. The molecule has 4 heteroatoms. The molecule has 0 bridgehead atoms. The van der Waals surface area contributed by atoms with Crippen LogP contribution in [0, 0.1) is 0 Å². The van der Waals surface area contributed by atoms with Gasteiger partial charge in [0.05, 0.1) is 6.04 Å². The Morgan fingerprint density at radius 1 is 1.17 bits per heavy atom. The number of benzene rings is 2. The molecule has 0 saturated carbocycles. The molecule has 0 radical (unpaired) electrons. The average molecular weight is 394 g/mol. The SMILES string of the molecule is CC[C@H](Oc1ccc2c(c1)CCCC2)C(=O)N[C@@H]1CC(C)(C)Oc2ccccc21. The van der Waals surface area contributed by atoms with Crippen molar-refractivity contribution in [2.75, 3.05) is 0 Å². The number of carbonyl (C=O) groups is 1. The van der Waals surface area contributed by atoms with Crippen LogP contribution in [0.2, 0.25) is 0 Å². The van der Waals surface area contributed by atoms with E-state index in [0.29, 0.717) is 6.42 Å². The van der Waals surface area contributed by atoms with Crippen LogP contribution in [0.3, 0.4) is 0 Å². The third-order valence-corrected chi connectivity index (χ3v) is 5.95. The van der Waals surface area contributed by atoms with Gasteiger partial charge < -0.3 is 14.8 Å². The number of carbonyl (C=O) groups excluding carboxylic acids is 1. The van der Waals surface area contributed by atoms with E-state index < -0.39 is 6.10 Å². The molecule has 1 amide bonds. The van der Waals surface area contributed by atoms with Crippen molar-refractivity contribution in [2.45, 2.75) is 77.0 Å². The van der Waals surface area contributed by atoms with Crippen LogP contribution < -0.4 is 14.8 Å². The fourth-order valence-corrected chi connectivity index (χ4v) is 4.47. The molecule has 2 aromatic rings. The minimum Gasteiger partial charge on any atom is -0.487 e. The van der Waals surface area contributed by atoms with E-state index in [0.717, 1.165) is 36.3 Å². The number of hydrogen-bond donors (Lipinski definition) is 1. The van der Waals surface area contributed by atoms with Gasteiger partial charge in [0.15, 0.2) is 6.10 Å². The van der Waals surface area contributed by atoms with Crippen molar-refractivity contribution >= 4 is 5.91 Å². The first-order valence-corrected chi connectivity index (χ1v) is 10.8.